The number of hydrogen-bond donors (Lipinski definition) is 2. The maximum Gasteiger partial charge on any atom is 0.306 e. The summed E-state index contributed by atoms with van der Waals surface area (Å²) >= 11 is 0. The molecule has 0 fully saturated rings. The molecule has 118 valence electrons. The zero-order chi connectivity index (χ0) is 15.2. The van der Waals surface area contributed by atoms with E-state index >= 15 is 0 Å². The van der Waals surface area contributed by atoms with Crippen LogP contribution < -0.4 is 10.6 Å². The minimum atomic E-state index is -0.329. The number of esters is 1. The van der Waals surface area contributed by atoms with E-state index in [1.165, 1.54) is 0 Å². The summed E-state index contributed by atoms with van der Waals surface area (Å²) in [5.74, 6) is -0.256. The van der Waals surface area contributed by atoms with Crippen molar-refractivity contribution in [1.82, 2.24) is 10.6 Å². The van der Waals surface area contributed by atoms with Crippen molar-refractivity contribution in [3.63, 3.8) is 0 Å². The third-order valence-electron chi connectivity index (χ3n) is 3.01. The Morgan fingerprint density at radius 1 is 1.10 bits per heavy atom. The quantitative estimate of drug-likeness (QED) is 0.408. The molecule has 1 atom stereocenters. The summed E-state index contributed by atoms with van der Waals surface area (Å²) in [5.41, 5.74) is 0. The van der Waals surface area contributed by atoms with Crippen molar-refractivity contribution < 1.29 is 19.1 Å². The number of unbranched alkanes of at least 4 members (excludes halogenated alkanes) is 1. The SMILES string of the molecule is CNCCCCC(COC)COC(=O)CCC(=O)NC. The molecule has 1 unspecified atom stereocenters. The number of carbonyl (C=O) groups excluding carboxylic acids is 2. The molecule has 1 amide bonds. The lowest BCUT2D eigenvalue weighted by Crippen LogP contribution is -2.21. The lowest BCUT2D eigenvalue weighted by Gasteiger charge is -2.16. The van der Waals surface area contributed by atoms with Crippen LogP contribution in [0.4, 0.5) is 0 Å². The standard InChI is InChI=1S/C14H28N2O4/c1-15-9-5-4-6-12(10-19-3)11-20-14(18)8-7-13(17)16-2/h12,15H,4-11H2,1-3H3,(H,16,17). The van der Waals surface area contributed by atoms with Gasteiger partial charge in [0.1, 0.15) is 0 Å². The van der Waals surface area contributed by atoms with Crippen LogP contribution in [0.25, 0.3) is 0 Å². The Morgan fingerprint density at radius 3 is 2.45 bits per heavy atom. The van der Waals surface area contributed by atoms with E-state index in [2.05, 4.69) is 10.6 Å². The van der Waals surface area contributed by atoms with Gasteiger partial charge in [0.05, 0.1) is 19.6 Å². The Labute approximate surface area is 121 Å². The van der Waals surface area contributed by atoms with Crippen molar-refractivity contribution in [2.75, 3.05) is 41.0 Å². The van der Waals surface area contributed by atoms with Gasteiger partial charge in [0.15, 0.2) is 0 Å². The highest BCUT2D eigenvalue weighted by atomic mass is 16.5. The van der Waals surface area contributed by atoms with Gasteiger partial charge in [-0.2, -0.15) is 0 Å². The van der Waals surface area contributed by atoms with E-state index in [9.17, 15) is 9.59 Å². The minimum absolute atomic E-state index is 0.124. The Bertz CT molecular complexity index is 272. The van der Waals surface area contributed by atoms with Crippen LogP contribution in [0.1, 0.15) is 32.1 Å². The fourth-order valence-electron chi connectivity index (χ4n) is 1.81. The highest BCUT2D eigenvalue weighted by Crippen LogP contribution is 2.10. The zero-order valence-corrected chi connectivity index (χ0v) is 12.9. The molecular formula is C14H28N2O4. The van der Waals surface area contributed by atoms with Crippen molar-refractivity contribution in [1.29, 1.82) is 0 Å². The van der Waals surface area contributed by atoms with Gasteiger partial charge >= 0.3 is 5.97 Å². The third-order valence-corrected chi connectivity index (χ3v) is 3.01. The van der Waals surface area contributed by atoms with Crippen LogP contribution in [0.15, 0.2) is 0 Å². The maximum absolute atomic E-state index is 11.5. The maximum atomic E-state index is 11.5. The number of carbonyl (C=O) groups is 2. The second kappa shape index (κ2) is 12.9. The lowest BCUT2D eigenvalue weighted by atomic mass is 10.0. The molecule has 6 nitrogen and oxygen atoms in total. The van der Waals surface area contributed by atoms with Gasteiger partial charge in [-0.15, -0.1) is 0 Å². The molecule has 0 spiro atoms. The van der Waals surface area contributed by atoms with Gasteiger partial charge < -0.3 is 20.1 Å². The molecule has 20 heavy (non-hydrogen) atoms. The molecule has 0 saturated carbocycles. The number of hydrogen-bond acceptors (Lipinski definition) is 5. The molecule has 0 aliphatic heterocycles. The molecule has 0 heterocycles. The van der Waals surface area contributed by atoms with Crippen LogP contribution in [-0.4, -0.2) is 52.8 Å². The first-order chi connectivity index (χ1) is 9.63. The van der Waals surface area contributed by atoms with E-state index in [1.54, 1.807) is 14.2 Å². The molecule has 0 aromatic heterocycles. The fourth-order valence-corrected chi connectivity index (χ4v) is 1.81. The van der Waals surface area contributed by atoms with Crippen molar-refractivity contribution in [3.05, 3.63) is 0 Å². The first-order valence-corrected chi connectivity index (χ1v) is 7.13. The topological polar surface area (TPSA) is 76.7 Å². The average molecular weight is 288 g/mol. The average Bonchev–Trinajstić information content (AvgIpc) is 2.46. The number of ether oxygens (including phenoxy) is 2. The first kappa shape index (κ1) is 18.9. The molecule has 0 saturated heterocycles. The van der Waals surface area contributed by atoms with Crippen molar-refractivity contribution in [3.8, 4) is 0 Å². The van der Waals surface area contributed by atoms with E-state index in [-0.39, 0.29) is 30.6 Å². The Kier molecular flexibility index (Phi) is 12.1. The predicted octanol–water partition coefficient (Wildman–Crippen LogP) is 0.708. The Balaban J connectivity index is 3.82. The number of rotatable bonds is 12. The van der Waals surface area contributed by atoms with Gasteiger partial charge in [0.25, 0.3) is 0 Å². The Hall–Kier alpha value is -1.14. The summed E-state index contributed by atoms with van der Waals surface area (Å²) in [4.78, 5) is 22.5. The van der Waals surface area contributed by atoms with Gasteiger partial charge in [-0.3, -0.25) is 9.59 Å². The number of amides is 1. The molecule has 6 heteroatoms. The summed E-state index contributed by atoms with van der Waals surface area (Å²) in [6.45, 7) is 1.94. The van der Waals surface area contributed by atoms with Crippen LogP contribution in [0.3, 0.4) is 0 Å². The largest absolute Gasteiger partial charge is 0.465 e. The van der Waals surface area contributed by atoms with E-state index in [1.807, 2.05) is 7.05 Å². The molecule has 0 aromatic rings. The first-order valence-electron chi connectivity index (χ1n) is 7.13. The Morgan fingerprint density at radius 2 is 1.85 bits per heavy atom. The molecule has 0 rings (SSSR count). The van der Waals surface area contributed by atoms with Crippen molar-refractivity contribution in [2.24, 2.45) is 5.92 Å². The van der Waals surface area contributed by atoms with E-state index < -0.39 is 0 Å². The molecule has 0 aliphatic carbocycles. The van der Waals surface area contributed by atoms with E-state index in [0.29, 0.717) is 13.2 Å². The second-order valence-corrected chi connectivity index (χ2v) is 4.78. The molecule has 0 aromatic carbocycles. The summed E-state index contributed by atoms with van der Waals surface area (Å²) in [5, 5.41) is 5.57. The monoisotopic (exact) mass is 288 g/mol. The predicted molar refractivity (Wildman–Crippen MR) is 77.4 cm³/mol. The normalized spacial score (nSPS) is 11.9. The fraction of sp³-hybridized carbons (Fsp3) is 0.857. The van der Waals surface area contributed by atoms with E-state index in [0.717, 1.165) is 25.8 Å². The van der Waals surface area contributed by atoms with Crippen LogP contribution in [0.2, 0.25) is 0 Å². The molecule has 0 bridgehead atoms. The summed E-state index contributed by atoms with van der Waals surface area (Å²) in [7, 11) is 5.13. The van der Waals surface area contributed by atoms with Crippen molar-refractivity contribution >= 4 is 11.9 Å². The van der Waals surface area contributed by atoms with Gasteiger partial charge in [-0.1, -0.05) is 6.42 Å². The highest BCUT2D eigenvalue weighted by molar-refractivity contribution is 5.80. The summed E-state index contributed by atoms with van der Waals surface area (Å²) < 4.78 is 10.3. The molecular weight excluding hydrogens is 260 g/mol. The van der Waals surface area contributed by atoms with Gasteiger partial charge in [0, 0.05) is 26.5 Å². The lowest BCUT2D eigenvalue weighted by molar-refractivity contribution is -0.146. The summed E-state index contributed by atoms with van der Waals surface area (Å²) in [6, 6.07) is 0. The van der Waals surface area contributed by atoms with Gasteiger partial charge in [-0.25, -0.2) is 0 Å². The molecule has 0 radical (unpaired) electrons. The van der Waals surface area contributed by atoms with Crippen LogP contribution in [0, 0.1) is 5.92 Å². The number of nitrogens with one attached hydrogen (secondary N) is 2. The third kappa shape index (κ3) is 10.8. The van der Waals surface area contributed by atoms with Gasteiger partial charge in [0.2, 0.25) is 5.91 Å². The van der Waals surface area contributed by atoms with E-state index in [4.69, 9.17) is 9.47 Å². The second-order valence-electron chi connectivity index (χ2n) is 4.78. The van der Waals surface area contributed by atoms with Crippen molar-refractivity contribution in [2.45, 2.75) is 32.1 Å². The minimum Gasteiger partial charge on any atom is -0.465 e. The van der Waals surface area contributed by atoms with Gasteiger partial charge in [-0.05, 0) is 26.4 Å². The molecule has 0 aliphatic rings. The number of methoxy groups -OCH3 is 1. The smallest absolute Gasteiger partial charge is 0.306 e. The van der Waals surface area contributed by atoms with Crippen LogP contribution >= 0.6 is 0 Å². The molecule has 2 N–H and O–H groups in total. The summed E-state index contributed by atoms with van der Waals surface area (Å²) in [6.07, 6.45) is 3.44. The van der Waals surface area contributed by atoms with Crippen LogP contribution in [0.5, 0.6) is 0 Å². The highest BCUT2D eigenvalue weighted by Gasteiger charge is 2.13. The zero-order valence-electron chi connectivity index (χ0n) is 12.9. The van der Waals surface area contributed by atoms with Crippen LogP contribution in [-0.2, 0) is 19.1 Å².